The lowest BCUT2D eigenvalue weighted by Gasteiger charge is -2.14. The van der Waals surface area contributed by atoms with Gasteiger partial charge in [0, 0.05) is 12.2 Å². The number of carbonyl (C=O) groups is 1. The number of nitrogens with two attached hydrogens (primary N) is 1. The van der Waals surface area contributed by atoms with Gasteiger partial charge in [0.15, 0.2) is 0 Å². The Bertz CT molecular complexity index is 693. The molecule has 0 aliphatic carbocycles. The van der Waals surface area contributed by atoms with E-state index in [1.807, 2.05) is 36.4 Å². The van der Waals surface area contributed by atoms with E-state index < -0.39 is 0 Å². The third kappa shape index (κ3) is 7.41. The van der Waals surface area contributed by atoms with Crippen LogP contribution in [0.3, 0.4) is 0 Å². The largest absolute Gasteiger partial charge is 0.497 e. The van der Waals surface area contributed by atoms with Crippen LogP contribution in [-0.4, -0.2) is 37.6 Å². The Morgan fingerprint density at radius 2 is 1.81 bits per heavy atom. The summed E-state index contributed by atoms with van der Waals surface area (Å²) in [6.45, 7) is 5.20. The summed E-state index contributed by atoms with van der Waals surface area (Å²) in [5.74, 6) is 1.00. The summed E-state index contributed by atoms with van der Waals surface area (Å²) in [4.78, 5) is 14.0. The minimum atomic E-state index is 0.0565. The molecule has 5 nitrogen and oxygen atoms in total. The number of benzene rings is 2. The molecule has 0 radical (unpaired) electrons. The molecule has 0 aromatic heterocycles. The summed E-state index contributed by atoms with van der Waals surface area (Å²) >= 11 is 0. The van der Waals surface area contributed by atoms with Gasteiger partial charge in [0.1, 0.15) is 5.75 Å². The third-order valence-electron chi connectivity index (χ3n) is 4.55. The van der Waals surface area contributed by atoms with Gasteiger partial charge in [-0.05, 0) is 67.7 Å². The molecule has 0 unspecified atom stereocenters. The average Bonchev–Trinajstić information content (AvgIpc) is 3.21. The number of nitrogens with zero attached hydrogens (tertiary/aromatic N) is 1. The van der Waals surface area contributed by atoms with Crippen molar-refractivity contribution in [3.63, 3.8) is 0 Å². The summed E-state index contributed by atoms with van der Waals surface area (Å²) in [6, 6.07) is 15.8. The molecule has 2 aromatic rings. The first-order chi connectivity index (χ1) is 13.1. The molecule has 0 spiro atoms. The topological polar surface area (TPSA) is 67.6 Å². The summed E-state index contributed by atoms with van der Waals surface area (Å²) < 4.78 is 5.06. The molecule has 2 aromatic carbocycles. The number of carbonyl (C=O) groups excluding carboxylic acids is 1. The second-order valence-corrected chi connectivity index (χ2v) is 6.64. The van der Waals surface area contributed by atoms with Crippen molar-refractivity contribution in [2.75, 3.05) is 32.1 Å². The quantitative estimate of drug-likeness (QED) is 0.818. The van der Waals surface area contributed by atoms with Crippen molar-refractivity contribution in [3.8, 4) is 5.75 Å². The van der Waals surface area contributed by atoms with Crippen LogP contribution >= 0.6 is 0 Å². The molecule has 0 saturated carbocycles. The number of ether oxygens (including phenoxy) is 1. The molecule has 3 N–H and O–H groups in total. The van der Waals surface area contributed by atoms with Crippen molar-refractivity contribution in [3.05, 3.63) is 59.7 Å². The summed E-state index contributed by atoms with van der Waals surface area (Å²) in [5.41, 5.74) is 8.74. The minimum Gasteiger partial charge on any atom is -0.497 e. The maximum atomic E-state index is 11.8. The fraction of sp³-hybridized carbons (Fsp3) is 0.409. The van der Waals surface area contributed by atoms with E-state index in [2.05, 4.69) is 29.3 Å². The number of methoxy groups -OCH3 is 1. The molecular weight excluding hydrogens is 338 g/mol. The number of aryl methyl sites for hydroxylation is 1. The van der Waals surface area contributed by atoms with Crippen molar-refractivity contribution in [1.82, 2.24) is 4.90 Å². The maximum Gasteiger partial charge on any atom is 0.238 e. The molecule has 5 heteroatoms. The minimum absolute atomic E-state index is 0.0565. The number of hydrogen-bond acceptors (Lipinski definition) is 4. The fourth-order valence-corrected chi connectivity index (χ4v) is 3.01. The van der Waals surface area contributed by atoms with Crippen LogP contribution in [0.5, 0.6) is 5.75 Å². The molecule has 1 fully saturated rings. The number of nitrogens with one attached hydrogen (secondary N) is 1. The lowest BCUT2D eigenvalue weighted by atomic mass is 10.2. The van der Waals surface area contributed by atoms with Gasteiger partial charge in [0.05, 0.1) is 13.7 Å². The van der Waals surface area contributed by atoms with E-state index in [1.165, 1.54) is 18.4 Å². The number of amides is 1. The first-order valence-corrected chi connectivity index (χ1v) is 9.58. The standard InChI is InChI=1S/C13H19N3O.C9H12O/c14-9-11-4-3-5-12(8-11)15-13(17)10-16-6-1-2-7-16;1-3-8-5-4-6-9(7-8)10-2/h3-5,8H,1-2,6-7,9-10,14H2,(H,15,17);4-7H,3H2,1-2H3. The van der Waals surface area contributed by atoms with Crippen LogP contribution < -0.4 is 15.8 Å². The van der Waals surface area contributed by atoms with E-state index in [4.69, 9.17) is 10.5 Å². The molecule has 1 heterocycles. The second-order valence-electron chi connectivity index (χ2n) is 6.64. The van der Waals surface area contributed by atoms with Gasteiger partial charge in [-0.2, -0.15) is 0 Å². The van der Waals surface area contributed by atoms with E-state index >= 15 is 0 Å². The Hall–Kier alpha value is -2.37. The van der Waals surface area contributed by atoms with Crippen molar-refractivity contribution < 1.29 is 9.53 Å². The highest BCUT2D eigenvalue weighted by Gasteiger charge is 2.14. The zero-order chi connectivity index (χ0) is 19.5. The van der Waals surface area contributed by atoms with Gasteiger partial charge in [0.2, 0.25) is 5.91 Å². The van der Waals surface area contributed by atoms with Gasteiger partial charge in [0.25, 0.3) is 0 Å². The molecule has 0 atom stereocenters. The second kappa shape index (κ2) is 11.4. The first kappa shape index (κ1) is 20.9. The Morgan fingerprint density at radius 3 is 2.48 bits per heavy atom. The predicted molar refractivity (Wildman–Crippen MR) is 111 cm³/mol. The Balaban J connectivity index is 0.000000223. The highest BCUT2D eigenvalue weighted by atomic mass is 16.5. The van der Waals surface area contributed by atoms with Gasteiger partial charge in [-0.3, -0.25) is 9.69 Å². The Morgan fingerprint density at radius 1 is 1.11 bits per heavy atom. The van der Waals surface area contributed by atoms with Crippen LogP contribution in [0.4, 0.5) is 5.69 Å². The smallest absolute Gasteiger partial charge is 0.238 e. The van der Waals surface area contributed by atoms with E-state index in [9.17, 15) is 4.79 Å². The monoisotopic (exact) mass is 369 g/mol. The van der Waals surface area contributed by atoms with Gasteiger partial charge in [-0.1, -0.05) is 31.2 Å². The van der Waals surface area contributed by atoms with E-state index in [1.54, 1.807) is 7.11 Å². The molecule has 1 amide bonds. The first-order valence-electron chi connectivity index (χ1n) is 9.58. The van der Waals surface area contributed by atoms with Crippen LogP contribution in [0, 0.1) is 0 Å². The lowest BCUT2D eigenvalue weighted by Crippen LogP contribution is -2.30. The van der Waals surface area contributed by atoms with Crippen molar-refractivity contribution in [2.24, 2.45) is 5.73 Å². The van der Waals surface area contributed by atoms with E-state index in [-0.39, 0.29) is 5.91 Å². The molecule has 0 bridgehead atoms. The lowest BCUT2D eigenvalue weighted by molar-refractivity contribution is -0.117. The van der Waals surface area contributed by atoms with Crippen LogP contribution in [0.1, 0.15) is 30.9 Å². The highest BCUT2D eigenvalue weighted by molar-refractivity contribution is 5.92. The van der Waals surface area contributed by atoms with E-state index in [0.29, 0.717) is 13.1 Å². The van der Waals surface area contributed by atoms with Gasteiger partial charge >= 0.3 is 0 Å². The van der Waals surface area contributed by atoms with Crippen molar-refractivity contribution in [1.29, 1.82) is 0 Å². The Kier molecular flexibility index (Phi) is 8.81. The zero-order valence-corrected chi connectivity index (χ0v) is 16.4. The Labute approximate surface area is 162 Å². The SMILES string of the molecule is CCc1cccc(OC)c1.NCc1cccc(NC(=O)CN2CCCC2)c1. The molecule has 3 rings (SSSR count). The number of hydrogen-bond donors (Lipinski definition) is 2. The molecule has 1 aliphatic rings. The molecule has 146 valence electrons. The maximum absolute atomic E-state index is 11.8. The predicted octanol–water partition coefficient (Wildman–Crippen LogP) is 3.44. The van der Waals surface area contributed by atoms with E-state index in [0.717, 1.165) is 36.5 Å². The highest BCUT2D eigenvalue weighted by Crippen LogP contribution is 2.12. The molecular formula is C22H31N3O2. The summed E-state index contributed by atoms with van der Waals surface area (Å²) in [6.07, 6.45) is 3.48. The molecule has 1 aliphatic heterocycles. The van der Waals surface area contributed by atoms with Crippen molar-refractivity contribution in [2.45, 2.75) is 32.7 Å². The summed E-state index contributed by atoms with van der Waals surface area (Å²) in [7, 11) is 1.69. The van der Waals surface area contributed by atoms with Gasteiger partial charge in [-0.25, -0.2) is 0 Å². The van der Waals surface area contributed by atoms with Gasteiger partial charge < -0.3 is 15.8 Å². The van der Waals surface area contributed by atoms with Crippen LogP contribution in [-0.2, 0) is 17.8 Å². The average molecular weight is 370 g/mol. The fourth-order valence-electron chi connectivity index (χ4n) is 3.01. The number of anilines is 1. The third-order valence-corrected chi connectivity index (χ3v) is 4.55. The van der Waals surface area contributed by atoms with Crippen molar-refractivity contribution >= 4 is 11.6 Å². The number of rotatable bonds is 6. The normalized spacial score (nSPS) is 13.6. The van der Waals surface area contributed by atoms with Gasteiger partial charge in [-0.15, -0.1) is 0 Å². The number of likely N-dealkylation sites (tertiary alicyclic amines) is 1. The van der Waals surface area contributed by atoms with Crippen LogP contribution in [0.2, 0.25) is 0 Å². The summed E-state index contributed by atoms with van der Waals surface area (Å²) in [5, 5.41) is 2.91. The molecule has 27 heavy (non-hydrogen) atoms. The molecule has 1 saturated heterocycles. The zero-order valence-electron chi connectivity index (χ0n) is 16.4. The van der Waals surface area contributed by atoms with Crippen LogP contribution in [0.25, 0.3) is 0 Å². The van der Waals surface area contributed by atoms with Crippen LogP contribution in [0.15, 0.2) is 48.5 Å².